The summed E-state index contributed by atoms with van der Waals surface area (Å²) in [6.07, 6.45) is 1.59. The van der Waals surface area contributed by atoms with Crippen molar-refractivity contribution < 1.29 is 23.4 Å². The van der Waals surface area contributed by atoms with E-state index in [2.05, 4.69) is 4.90 Å². The fourth-order valence-electron chi connectivity index (χ4n) is 4.36. The topological polar surface area (TPSA) is 78.2 Å². The zero-order valence-electron chi connectivity index (χ0n) is 21.3. The summed E-state index contributed by atoms with van der Waals surface area (Å²) in [6.45, 7) is 5.83. The summed E-state index contributed by atoms with van der Waals surface area (Å²) in [5, 5.41) is 1.14. The Balaban J connectivity index is 1.36. The molecule has 196 valence electrons. The molecule has 0 unspecified atom stereocenters. The van der Waals surface area contributed by atoms with Crippen molar-refractivity contribution in [3.63, 3.8) is 0 Å². The molecular formula is C30H28ClNO6. The Morgan fingerprint density at radius 1 is 1.05 bits per heavy atom. The Morgan fingerprint density at radius 2 is 1.82 bits per heavy atom. The van der Waals surface area contributed by atoms with Gasteiger partial charge in [0.2, 0.25) is 11.2 Å². The summed E-state index contributed by atoms with van der Waals surface area (Å²) in [5.41, 5.74) is 2.68. The maximum atomic E-state index is 13.4. The van der Waals surface area contributed by atoms with E-state index in [0.29, 0.717) is 58.7 Å². The lowest BCUT2D eigenvalue weighted by Crippen LogP contribution is -2.33. The van der Waals surface area contributed by atoms with E-state index >= 15 is 0 Å². The highest BCUT2D eigenvalue weighted by molar-refractivity contribution is 6.30. The number of fused-ring (bicyclic) bond motifs is 3. The van der Waals surface area contributed by atoms with Gasteiger partial charge in [-0.2, -0.15) is 0 Å². The number of aryl methyl sites for hydroxylation is 1. The van der Waals surface area contributed by atoms with Crippen molar-refractivity contribution in [2.45, 2.75) is 33.2 Å². The lowest BCUT2D eigenvalue weighted by Gasteiger charge is -2.29. The van der Waals surface area contributed by atoms with Crippen LogP contribution >= 0.6 is 11.6 Å². The average molecular weight is 534 g/mol. The van der Waals surface area contributed by atoms with Crippen LogP contribution in [0, 0.1) is 6.92 Å². The van der Waals surface area contributed by atoms with Crippen molar-refractivity contribution >= 4 is 28.5 Å². The fourth-order valence-corrected chi connectivity index (χ4v) is 4.48. The number of nitrogens with zero attached hydrogens (tertiary/aromatic N) is 1. The first kappa shape index (κ1) is 25.8. The zero-order chi connectivity index (χ0) is 26.6. The molecule has 0 spiro atoms. The molecule has 0 bridgehead atoms. The van der Waals surface area contributed by atoms with E-state index in [9.17, 15) is 9.59 Å². The molecule has 0 fully saturated rings. The molecule has 1 aliphatic heterocycles. The van der Waals surface area contributed by atoms with E-state index in [1.807, 2.05) is 31.2 Å². The van der Waals surface area contributed by atoms with E-state index in [1.165, 1.54) is 5.56 Å². The van der Waals surface area contributed by atoms with Crippen LogP contribution in [0.5, 0.6) is 17.2 Å². The molecule has 4 aromatic rings. The van der Waals surface area contributed by atoms with E-state index in [4.69, 9.17) is 30.2 Å². The standard InChI is InChI=1S/C30H28ClNO6/c1-3-16-35-30(34)21-6-10-23(11-7-21)38-28-19(2)37-29-24(27(28)33)12-13-26-25(29)17-32(18-36-26)15-14-20-4-8-22(31)9-5-20/h4-13H,3,14-18H2,1-2H3. The molecule has 2 heterocycles. The van der Waals surface area contributed by atoms with E-state index < -0.39 is 5.97 Å². The van der Waals surface area contributed by atoms with Gasteiger partial charge in [0, 0.05) is 18.1 Å². The third-order valence-electron chi connectivity index (χ3n) is 6.40. The van der Waals surface area contributed by atoms with Crippen molar-refractivity contribution in [3.05, 3.63) is 98.4 Å². The van der Waals surface area contributed by atoms with Gasteiger partial charge in [-0.1, -0.05) is 30.7 Å². The molecule has 38 heavy (non-hydrogen) atoms. The minimum absolute atomic E-state index is 0.107. The minimum Gasteiger partial charge on any atom is -0.478 e. The average Bonchev–Trinajstić information content (AvgIpc) is 2.94. The predicted octanol–water partition coefficient (Wildman–Crippen LogP) is 6.51. The highest BCUT2D eigenvalue weighted by Crippen LogP contribution is 2.34. The van der Waals surface area contributed by atoms with Gasteiger partial charge in [0.15, 0.2) is 0 Å². The molecule has 8 heteroatoms. The quantitative estimate of drug-likeness (QED) is 0.239. The Hall–Kier alpha value is -3.81. The highest BCUT2D eigenvalue weighted by Gasteiger charge is 2.24. The van der Waals surface area contributed by atoms with E-state index in [1.54, 1.807) is 43.3 Å². The van der Waals surface area contributed by atoms with Gasteiger partial charge in [-0.15, -0.1) is 0 Å². The third kappa shape index (κ3) is 5.54. The predicted molar refractivity (Wildman–Crippen MR) is 145 cm³/mol. The molecule has 0 amide bonds. The summed E-state index contributed by atoms with van der Waals surface area (Å²) in [5.74, 6) is 1.20. The van der Waals surface area contributed by atoms with Gasteiger partial charge in [0.25, 0.3) is 0 Å². The van der Waals surface area contributed by atoms with Crippen molar-refractivity contribution in [1.82, 2.24) is 4.90 Å². The van der Waals surface area contributed by atoms with Crippen molar-refractivity contribution in [2.24, 2.45) is 0 Å². The molecule has 3 aromatic carbocycles. The second-order valence-corrected chi connectivity index (χ2v) is 9.64. The Bertz CT molecular complexity index is 1510. The largest absolute Gasteiger partial charge is 0.478 e. The van der Waals surface area contributed by atoms with Crippen LogP contribution in [0.25, 0.3) is 11.0 Å². The monoisotopic (exact) mass is 533 g/mol. The van der Waals surface area contributed by atoms with Gasteiger partial charge >= 0.3 is 5.97 Å². The maximum Gasteiger partial charge on any atom is 0.338 e. The first-order valence-corrected chi connectivity index (χ1v) is 12.9. The van der Waals surface area contributed by atoms with Crippen molar-refractivity contribution in [1.29, 1.82) is 0 Å². The lowest BCUT2D eigenvalue weighted by atomic mass is 10.1. The van der Waals surface area contributed by atoms with Crippen LogP contribution in [0.1, 0.15) is 40.6 Å². The first-order chi connectivity index (χ1) is 18.4. The zero-order valence-corrected chi connectivity index (χ0v) is 22.0. The van der Waals surface area contributed by atoms with Gasteiger partial charge in [-0.25, -0.2) is 4.79 Å². The maximum absolute atomic E-state index is 13.4. The number of hydrogen-bond acceptors (Lipinski definition) is 7. The molecule has 0 aliphatic carbocycles. The van der Waals surface area contributed by atoms with Crippen LogP contribution in [-0.2, 0) is 17.7 Å². The molecule has 7 nitrogen and oxygen atoms in total. The number of halogens is 1. The van der Waals surface area contributed by atoms with Gasteiger partial charge < -0.3 is 18.6 Å². The number of benzene rings is 3. The molecule has 0 radical (unpaired) electrons. The Labute approximate surface area is 225 Å². The van der Waals surface area contributed by atoms with Crippen LogP contribution in [0.3, 0.4) is 0 Å². The molecular weight excluding hydrogens is 506 g/mol. The van der Waals surface area contributed by atoms with Gasteiger partial charge in [0.05, 0.1) is 23.1 Å². The normalized spacial score (nSPS) is 13.1. The molecule has 1 aromatic heterocycles. The number of carbonyl (C=O) groups excluding carboxylic acids is 1. The molecule has 0 atom stereocenters. The van der Waals surface area contributed by atoms with Crippen LogP contribution in [-0.4, -0.2) is 30.8 Å². The van der Waals surface area contributed by atoms with Crippen molar-refractivity contribution in [3.8, 4) is 17.2 Å². The second kappa shape index (κ2) is 11.3. The third-order valence-corrected chi connectivity index (χ3v) is 6.66. The number of rotatable bonds is 8. The van der Waals surface area contributed by atoms with Crippen LogP contribution < -0.4 is 14.9 Å². The number of esters is 1. The smallest absolute Gasteiger partial charge is 0.338 e. The number of carbonyl (C=O) groups is 1. The van der Waals surface area contributed by atoms with Crippen LogP contribution in [0.15, 0.2) is 69.9 Å². The first-order valence-electron chi connectivity index (χ1n) is 12.6. The second-order valence-electron chi connectivity index (χ2n) is 9.20. The van der Waals surface area contributed by atoms with Crippen molar-refractivity contribution in [2.75, 3.05) is 19.9 Å². The fraction of sp³-hybridized carbons (Fsp3) is 0.267. The van der Waals surface area contributed by atoms with Gasteiger partial charge in [0.1, 0.15) is 29.6 Å². The molecule has 0 N–H and O–H groups in total. The van der Waals surface area contributed by atoms with E-state index in [0.717, 1.165) is 24.9 Å². The van der Waals surface area contributed by atoms with E-state index in [-0.39, 0.29) is 11.2 Å². The Morgan fingerprint density at radius 3 is 2.55 bits per heavy atom. The highest BCUT2D eigenvalue weighted by atomic mass is 35.5. The SMILES string of the molecule is CCCOC(=O)c1ccc(Oc2c(C)oc3c4c(ccc3c2=O)OCN(CCc2ccc(Cl)cc2)C4)cc1. The number of ether oxygens (including phenoxy) is 3. The summed E-state index contributed by atoms with van der Waals surface area (Å²) in [6, 6.07) is 17.8. The molecule has 1 aliphatic rings. The summed E-state index contributed by atoms with van der Waals surface area (Å²) < 4.78 is 23.2. The van der Waals surface area contributed by atoms with Crippen LogP contribution in [0.2, 0.25) is 5.02 Å². The minimum atomic E-state index is -0.394. The summed E-state index contributed by atoms with van der Waals surface area (Å²) in [4.78, 5) is 27.6. The molecule has 5 rings (SSSR count). The Kier molecular flexibility index (Phi) is 7.67. The molecule has 0 saturated heterocycles. The van der Waals surface area contributed by atoms with Crippen LogP contribution in [0.4, 0.5) is 0 Å². The summed E-state index contributed by atoms with van der Waals surface area (Å²) in [7, 11) is 0. The van der Waals surface area contributed by atoms with Gasteiger partial charge in [-0.3, -0.25) is 9.69 Å². The molecule has 0 saturated carbocycles. The summed E-state index contributed by atoms with van der Waals surface area (Å²) >= 11 is 5.99. The lowest BCUT2D eigenvalue weighted by molar-refractivity contribution is 0.0505. The number of hydrogen-bond donors (Lipinski definition) is 0. The van der Waals surface area contributed by atoms with Gasteiger partial charge in [-0.05, 0) is 73.9 Å².